The summed E-state index contributed by atoms with van der Waals surface area (Å²) in [6.07, 6.45) is 0. The largest absolute Gasteiger partial charge is 0.478 e. The highest BCUT2D eigenvalue weighted by Gasteiger charge is 2.15. The van der Waals surface area contributed by atoms with Crippen molar-refractivity contribution < 1.29 is 14.3 Å². The average molecular weight is 358 g/mol. The molecule has 0 aliphatic heterocycles. The van der Waals surface area contributed by atoms with E-state index in [-0.39, 0.29) is 15.7 Å². The van der Waals surface area contributed by atoms with Gasteiger partial charge in [-0.05, 0) is 53.5 Å². The predicted octanol–water partition coefficient (Wildman–Crippen LogP) is 4.58. The first-order valence-electron chi connectivity index (χ1n) is 5.91. The fraction of sp³-hybridized carbons (Fsp3) is 0.214. The molecule has 2 N–H and O–H groups in total. The van der Waals surface area contributed by atoms with Crippen molar-refractivity contribution in [3.63, 3.8) is 0 Å². The van der Waals surface area contributed by atoms with Crippen molar-refractivity contribution in [3.8, 4) is 0 Å². The summed E-state index contributed by atoms with van der Waals surface area (Å²) in [6.45, 7) is 4.59. The fourth-order valence-electron chi connectivity index (χ4n) is 1.77. The van der Waals surface area contributed by atoms with E-state index in [1.54, 1.807) is 11.3 Å². The Morgan fingerprint density at radius 2 is 2.15 bits per heavy atom. The summed E-state index contributed by atoms with van der Waals surface area (Å²) in [5.74, 6) is -1.75. The van der Waals surface area contributed by atoms with E-state index in [9.17, 15) is 9.18 Å². The van der Waals surface area contributed by atoms with Crippen LogP contribution in [0.5, 0.6) is 0 Å². The molecule has 0 amide bonds. The Balaban J connectivity index is 2.18. The second kappa shape index (κ2) is 5.93. The lowest BCUT2D eigenvalue weighted by Gasteiger charge is -2.09. The van der Waals surface area contributed by atoms with Gasteiger partial charge in [0, 0.05) is 16.3 Å². The monoisotopic (exact) mass is 357 g/mol. The summed E-state index contributed by atoms with van der Waals surface area (Å²) in [5, 5.41) is 11.9. The molecule has 2 rings (SSSR count). The highest BCUT2D eigenvalue weighted by Crippen LogP contribution is 2.28. The number of anilines is 1. The van der Waals surface area contributed by atoms with Crippen LogP contribution >= 0.6 is 27.3 Å². The molecule has 0 radical (unpaired) electrons. The number of halogens is 2. The standard InChI is InChI=1S/C14H13BrFNO2S/c1-7-5-9(20-8(7)2)6-17-11-4-3-10(14(18)19)12(15)13(11)16/h3-5,17H,6H2,1-2H3,(H,18,19). The maximum atomic E-state index is 14.0. The first kappa shape index (κ1) is 15.0. The molecular weight excluding hydrogens is 345 g/mol. The highest BCUT2D eigenvalue weighted by atomic mass is 79.9. The number of hydrogen-bond donors (Lipinski definition) is 2. The quantitative estimate of drug-likeness (QED) is 0.841. The van der Waals surface area contributed by atoms with Gasteiger partial charge in [0.05, 0.1) is 15.7 Å². The average Bonchev–Trinajstić information content (AvgIpc) is 2.70. The Morgan fingerprint density at radius 3 is 2.70 bits per heavy atom. The molecule has 1 aromatic heterocycles. The number of carboxylic acids is 1. The number of rotatable bonds is 4. The minimum atomic E-state index is -1.16. The Labute approximate surface area is 128 Å². The van der Waals surface area contributed by atoms with Gasteiger partial charge in [-0.25, -0.2) is 9.18 Å². The van der Waals surface area contributed by atoms with Crippen LogP contribution in [0.4, 0.5) is 10.1 Å². The second-order valence-electron chi connectivity index (χ2n) is 4.40. The smallest absolute Gasteiger partial charge is 0.336 e. The third-order valence-electron chi connectivity index (χ3n) is 2.98. The number of aromatic carboxylic acids is 1. The van der Waals surface area contributed by atoms with Gasteiger partial charge in [0.2, 0.25) is 0 Å². The zero-order valence-electron chi connectivity index (χ0n) is 11.0. The Kier molecular flexibility index (Phi) is 4.45. The van der Waals surface area contributed by atoms with Gasteiger partial charge in [-0.1, -0.05) is 0 Å². The van der Waals surface area contributed by atoms with E-state index in [1.807, 2.05) is 13.8 Å². The molecule has 20 heavy (non-hydrogen) atoms. The van der Waals surface area contributed by atoms with Gasteiger partial charge in [0.1, 0.15) is 0 Å². The number of aryl methyl sites for hydroxylation is 2. The lowest BCUT2D eigenvalue weighted by atomic mass is 10.2. The van der Waals surface area contributed by atoms with Crippen LogP contribution in [0.15, 0.2) is 22.7 Å². The third-order valence-corrected chi connectivity index (χ3v) is 4.91. The SMILES string of the molecule is Cc1cc(CNc2ccc(C(=O)O)c(Br)c2F)sc1C. The van der Waals surface area contributed by atoms with Crippen LogP contribution in [0, 0.1) is 19.7 Å². The summed E-state index contributed by atoms with van der Waals surface area (Å²) in [5.41, 5.74) is 1.41. The fourth-order valence-corrected chi connectivity index (χ4v) is 3.28. The topological polar surface area (TPSA) is 49.3 Å². The summed E-state index contributed by atoms with van der Waals surface area (Å²) in [6, 6.07) is 4.88. The summed E-state index contributed by atoms with van der Waals surface area (Å²) in [7, 11) is 0. The molecular formula is C14H13BrFNO2S. The Morgan fingerprint density at radius 1 is 1.45 bits per heavy atom. The van der Waals surface area contributed by atoms with Crippen molar-refractivity contribution in [2.45, 2.75) is 20.4 Å². The lowest BCUT2D eigenvalue weighted by molar-refractivity contribution is 0.0695. The molecule has 0 spiro atoms. The summed E-state index contributed by atoms with van der Waals surface area (Å²) in [4.78, 5) is 13.2. The molecule has 0 unspecified atom stereocenters. The molecule has 1 aromatic carbocycles. The van der Waals surface area contributed by atoms with E-state index in [2.05, 4.69) is 27.3 Å². The summed E-state index contributed by atoms with van der Waals surface area (Å²) >= 11 is 4.64. The van der Waals surface area contributed by atoms with Gasteiger partial charge in [0.15, 0.2) is 5.82 Å². The number of carbonyl (C=O) groups is 1. The maximum absolute atomic E-state index is 14.0. The van der Waals surface area contributed by atoms with Gasteiger partial charge in [-0.2, -0.15) is 0 Å². The molecule has 0 aliphatic carbocycles. The van der Waals surface area contributed by atoms with Crippen molar-refractivity contribution in [3.05, 3.63) is 49.4 Å². The third kappa shape index (κ3) is 3.02. The molecule has 0 atom stereocenters. The first-order chi connectivity index (χ1) is 9.40. The molecule has 0 aliphatic rings. The van der Waals surface area contributed by atoms with E-state index in [1.165, 1.54) is 22.6 Å². The molecule has 0 fully saturated rings. The van der Waals surface area contributed by atoms with Crippen molar-refractivity contribution in [1.29, 1.82) is 0 Å². The van der Waals surface area contributed by atoms with Crippen molar-refractivity contribution >= 4 is 38.9 Å². The molecule has 106 valence electrons. The zero-order valence-corrected chi connectivity index (χ0v) is 13.4. The lowest BCUT2D eigenvalue weighted by Crippen LogP contribution is -2.04. The Hall–Kier alpha value is -1.40. The van der Waals surface area contributed by atoms with Crippen LogP contribution in [0.25, 0.3) is 0 Å². The molecule has 6 heteroatoms. The van der Waals surface area contributed by atoms with Crippen LogP contribution in [0.1, 0.15) is 25.7 Å². The van der Waals surface area contributed by atoms with Crippen LogP contribution in [-0.2, 0) is 6.54 Å². The van der Waals surface area contributed by atoms with Crippen molar-refractivity contribution in [2.24, 2.45) is 0 Å². The van der Waals surface area contributed by atoms with E-state index in [0.29, 0.717) is 6.54 Å². The van der Waals surface area contributed by atoms with E-state index < -0.39 is 11.8 Å². The number of carboxylic acid groups (broad SMARTS) is 1. The van der Waals surface area contributed by atoms with Crippen LogP contribution in [0.3, 0.4) is 0 Å². The molecule has 0 saturated carbocycles. The van der Waals surface area contributed by atoms with Gasteiger partial charge in [-0.15, -0.1) is 11.3 Å². The number of benzene rings is 1. The normalized spacial score (nSPS) is 10.6. The minimum Gasteiger partial charge on any atom is -0.478 e. The number of thiophene rings is 1. The van der Waals surface area contributed by atoms with Crippen LogP contribution in [0.2, 0.25) is 0 Å². The first-order valence-corrected chi connectivity index (χ1v) is 7.52. The Bertz CT molecular complexity index is 650. The zero-order chi connectivity index (χ0) is 14.9. The minimum absolute atomic E-state index is 0.0338. The number of hydrogen-bond acceptors (Lipinski definition) is 3. The molecule has 2 aromatic rings. The van der Waals surface area contributed by atoms with Crippen molar-refractivity contribution in [2.75, 3.05) is 5.32 Å². The summed E-state index contributed by atoms with van der Waals surface area (Å²) < 4.78 is 14.0. The van der Waals surface area contributed by atoms with E-state index in [4.69, 9.17) is 5.11 Å². The molecule has 0 saturated heterocycles. The van der Waals surface area contributed by atoms with Crippen LogP contribution < -0.4 is 5.32 Å². The predicted molar refractivity (Wildman–Crippen MR) is 82.2 cm³/mol. The van der Waals surface area contributed by atoms with Gasteiger partial charge >= 0.3 is 5.97 Å². The van der Waals surface area contributed by atoms with Gasteiger partial charge in [-0.3, -0.25) is 0 Å². The maximum Gasteiger partial charge on any atom is 0.336 e. The van der Waals surface area contributed by atoms with E-state index >= 15 is 0 Å². The van der Waals surface area contributed by atoms with Gasteiger partial charge < -0.3 is 10.4 Å². The number of nitrogens with one attached hydrogen (secondary N) is 1. The molecule has 0 bridgehead atoms. The second-order valence-corrected chi connectivity index (χ2v) is 6.53. The molecule has 3 nitrogen and oxygen atoms in total. The molecule has 1 heterocycles. The van der Waals surface area contributed by atoms with Crippen molar-refractivity contribution in [1.82, 2.24) is 0 Å². The highest BCUT2D eigenvalue weighted by molar-refractivity contribution is 9.10. The van der Waals surface area contributed by atoms with Crippen LogP contribution in [-0.4, -0.2) is 11.1 Å². The van der Waals surface area contributed by atoms with Gasteiger partial charge in [0.25, 0.3) is 0 Å². The van der Waals surface area contributed by atoms with E-state index in [0.717, 1.165) is 4.88 Å².